The first-order valence-corrected chi connectivity index (χ1v) is 7.77. The molecule has 2 aliphatic carbocycles. The lowest BCUT2D eigenvalue weighted by Gasteiger charge is -2.42. The highest BCUT2D eigenvalue weighted by atomic mass is 32.2. The van der Waals surface area contributed by atoms with Crippen molar-refractivity contribution in [1.82, 2.24) is 0 Å². The highest BCUT2D eigenvalue weighted by Gasteiger charge is 2.57. The van der Waals surface area contributed by atoms with E-state index in [2.05, 4.69) is 0 Å². The summed E-state index contributed by atoms with van der Waals surface area (Å²) in [6, 6.07) is 0. The van der Waals surface area contributed by atoms with Crippen molar-refractivity contribution in [2.24, 2.45) is 5.92 Å². The van der Waals surface area contributed by atoms with Gasteiger partial charge in [-0.15, -0.1) is 0 Å². The van der Waals surface area contributed by atoms with Crippen LogP contribution in [0.5, 0.6) is 0 Å². The third-order valence-electron chi connectivity index (χ3n) is 3.78. The maximum Gasteiger partial charge on any atom is 0.465 e. The monoisotopic (exact) mass is 324 g/mol. The normalized spacial score (nSPS) is 29.5. The summed E-state index contributed by atoms with van der Waals surface area (Å²) >= 11 is 0. The molecule has 1 N–H and O–H groups in total. The van der Waals surface area contributed by atoms with Crippen LogP contribution in [0.1, 0.15) is 32.1 Å². The van der Waals surface area contributed by atoms with Gasteiger partial charge in [0.05, 0.1) is 0 Å². The molecule has 0 radical (unpaired) electrons. The molecule has 0 amide bonds. The van der Waals surface area contributed by atoms with Gasteiger partial charge in [-0.2, -0.15) is 17.2 Å². The van der Waals surface area contributed by atoms with Gasteiger partial charge in [0.15, 0.2) is 0 Å². The van der Waals surface area contributed by atoms with Gasteiger partial charge in [0.25, 0.3) is 0 Å². The predicted octanol–water partition coefficient (Wildman–Crippen LogP) is 1.47. The number of ether oxygens (including phenoxy) is 1. The molecule has 0 aromatic rings. The van der Waals surface area contributed by atoms with Gasteiger partial charge in [-0.25, -0.2) is 4.79 Å². The smallest absolute Gasteiger partial charge is 0.453 e. The van der Waals surface area contributed by atoms with Gasteiger partial charge < -0.3 is 9.53 Å². The Labute approximate surface area is 119 Å². The maximum atomic E-state index is 13.3. The molecule has 6 nitrogen and oxygen atoms in total. The van der Waals surface area contributed by atoms with Crippen LogP contribution < -0.4 is 0 Å². The number of hydrogen-bond acceptors (Lipinski definition) is 5. The number of esters is 1. The number of allylic oxidation sites excluding steroid dienone is 1. The molecule has 9 heteroatoms. The molecule has 0 heterocycles. The summed E-state index contributed by atoms with van der Waals surface area (Å²) < 4.78 is 60.9. The minimum absolute atomic E-state index is 0.0350. The van der Waals surface area contributed by atoms with Crippen LogP contribution >= 0.6 is 0 Å². The largest absolute Gasteiger partial charge is 0.465 e. The first kappa shape index (κ1) is 16.0. The van der Waals surface area contributed by atoms with E-state index in [0.717, 1.165) is 5.57 Å². The highest BCUT2D eigenvalue weighted by Crippen LogP contribution is 2.44. The van der Waals surface area contributed by atoms with Crippen LogP contribution in [0, 0.1) is 5.92 Å². The highest BCUT2D eigenvalue weighted by molar-refractivity contribution is 7.87. The van der Waals surface area contributed by atoms with Crippen LogP contribution in [0.2, 0.25) is 0 Å². The Kier molecular flexibility index (Phi) is 3.92. The molecule has 2 aliphatic rings. The third kappa shape index (κ3) is 2.98. The third-order valence-corrected chi connectivity index (χ3v) is 4.60. The standard InChI is InChI=1S/C12H14F2O6S/c13-12(14,21(17,18)19)10(16)20-11-3-1-2-8(5-11)4-9(6-11)7-15/h4,7,9H,1-3,5-6H2,(H,17,18,19). The van der Waals surface area contributed by atoms with E-state index in [-0.39, 0.29) is 19.3 Å². The molecule has 1 fully saturated rings. The van der Waals surface area contributed by atoms with Crippen molar-refractivity contribution in [1.29, 1.82) is 0 Å². The zero-order valence-corrected chi connectivity index (χ0v) is 11.7. The number of carbonyl (C=O) groups excluding carboxylic acids is 2. The van der Waals surface area contributed by atoms with Crippen molar-refractivity contribution in [2.45, 2.75) is 43.0 Å². The molecule has 2 atom stereocenters. The van der Waals surface area contributed by atoms with Gasteiger partial charge in [-0.3, -0.25) is 4.55 Å². The average Bonchev–Trinajstić information content (AvgIpc) is 2.36. The number of carbonyl (C=O) groups is 2. The molecule has 0 aliphatic heterocycles. The summed E-state index contributed by atoms with van der Waals surface area (Å²) in [6.07, 6.45) is 4.12. The quantitative estimate of drug-likeness (QED) is 0.364. The fourth-order valence-electron chi connectivity index (χ4n) is 2.91. The van der Waals surface area contributed by atoms with E-state index in [1.807, 2.05) is 0 Å². The van der Waals surface area contributed by atoms with E-state index >= 15 is 0 Å². The van der Waals surface area contributed by atoms with Crippen LogP contribution in [0.25, 0.3) is 0 Å². The summed E-state index contributed by atoms with van der Waals surface area (Å²) in [4.78, 5) is 22.4. The van der Waals surface area contributed by atoms with Gasteiger partial charge >= 0.3 is 21.3 Å². The first-order chi connectivity index (χ1) is 9.60. The Morgan fingerprint density at radius 3 is 2.76 bits per heavy atom. The molecule has 118 valence electrons. The molecule has 2 bridgehead atoms. The fraction of sp³-hybridized carbons (Fsp3) is 0.667. The van der Waals surface area contributed by atoms with Crippen LogP contribution in [0.15, 0.2) is 11.6 Å². The van der Waals surface area contributed by atoms with Crippen LogP contribution in [0.4, 0.5) is 8.78 Å². The average molecular weight is 324 g/mol. The number of fused-ring (bicyclic) bond motifs is 2. The Hall–Kier alpha value is -1.35. The van der Waals surface area contributed by atoms with Crippen LogP contribution in [-0.4, -0.2) is 36.1 Å². The maximum absolute atomic E-state index is 13.3. The molecule has 1 saturated carbocycles. The van der Waals surface area contributed by atoms with Crippen LogP contribution in [0.3, 0.4) is 0 Å². The molecular weight excluding hydrogens is 310 g/mol. The van der Waals surface area contributed by atoms with Gasteiger partial charge in [0.2, 0.25) is 0 Å². The summed E-state index contributed by atoms with van der Waals surface area (Å²) in [7, 11) is -5.89. The zero-order valence-electron chi connectivity index (χ0n) is 10.9. The second kappa shape index (κ2) is 5.13. The van der Waals surface area contributed by atoms with Crippen molar-refractivity contribution in [3.63, 3.8) is 0 Å². The van der Waals surface area contributed by atoms with E-state index < -0.39 is 32.9 Å². The lowest BCUT2D eigenvalue weighted by atomic mass is 9.71. The number of alkyl halides is 2. The van der Waals surface area contributed by atoms with Gasteiger partial charge in [-0.1, -0.05) is 11.6 Å². The fourth-order valence-corrected chi connectivity index (χ4v) is 3.17. The van der Waals surface area contributed by atoms with E-state index in [9.17, 15) is 26.8 Å². The van der Waals surface area contributed by atoms with Crippen LogP contribution in [-0.2, 0) is 24.4 Å². The number of aldehydes is 1. The lowest BCUT2D eigenvalue weighted by Crippen LogP contribution is -2.48. The Morgan fingerprint density at radius 2 is 2.19 bits per heavy atom. The molecule has 0 spiro atoms. The van der Waals surface area contributed by atoms with Gasteiger partial charge in [-0.05, 0) is 19.3 Å². The Morgan fingerprint density at radius 1 is 1.52 bits per heavy atom. The predicted molar refractivity (Wildman–Crippen MR) is 66.0 cm³/mol. The van der Waals surface area contributed by atoms with Crippen molar-refractivity contribution >= 4 is 22.4 Å². The SMILES string of the molecule is O=CC1C=C2CCCC(OC(=O)C(F)(F)S(=O)(=O)O)(C2)C1. The van der Waals surface area contributed by atoms with E-state index in [1.165, 1.54) is 0 Å². The zero-order chi connectivity index (χ0) is 15.9. The van der Waals surface area contributed by atoms with E-state index in [4.69, 9.17) is 9.29 Å². The van der Waals surface area contributed by atoms with Crippen molar-refractivity contribution in [3.05, 3.63) is 11.6 Å². The number of rotatable bonds is 4. The Balaban J connectivity index is 2.24. The molecular formula is C12H14F2O6S. The topological polar surface area (TPSA) is 97.7 Å². The molecule has 0 aromatic heterocycles. The molecule has 21 heavy (non-hydrogen) atoms. The number of halogens is 2. The molecule has 2 rings (SSSR count). The summed E-state index contributed by atoms with van der Waals surface area (Å²) in [5.74, 6) is -2.86. The van der Waals surface area contributed by atoms with Gasteiger partial charge in [0, 0.05) is 18.8 Å². The second-order valence-corrected chi connectivity index (χ2v) is 6.89. The lowest BCUT2D eigenvalue weighted by molar-refractivity contribution is -0.182. The Bertz CT molecular complexity index is 597. The molecule has 0 aromatic carbocycles. The van der Waals surface area contributed by atoms with Crippen molar-refractivity contribution < 1.29 is 36.1 Å². The van der Waals surface area contributed by atoms with Gasteiger partial charge in [0.1, 0.15) is 11.9 Å². The summed E-state index contributed by atoms with van der Waals surface area (Å²) in [6.45, 7) is 0. The molecule has 2 unspecified atom stereocenters. The van der Waals surface area contributed by atoms with Crippen molar-refractivity contribution in [2.75, 3.05) is 0 Å². The second-order valence-electron chi connectivity index (χ2n) is 5.42. The first-order valence-electron chi connectivity index (χ1n) is 6.33. The minimum atomic E-state index is -5.89. The summed E-state index contributed by atoms with van der Waals surface area (Å²) in [5.41, 5.74) is -0.480. The van der Waals surface area contributed by atoms with E-state index in [0.29, 0.717) is 19.1 Å². The number of hydrogen-bond donors (Lipinski definition) is 1. The minimum Gasteiger partial charge on any atom is -0.453 e. The molecule has 0 saturated heterocycles. The van der Waals surface area contributed by atoms with Crippen molar-refractivity contribution in [3.8, 4) is 0 Å². The van der Waals surface area contributed by atoms with E-state index in [1.54, 1.807) is 6.08 Å². The summed E-state index contributed by atoms with van der Waals surface area (Å²) in [5, 5.41) is -5.02.